The van der Waals surface area contributed by atoms with E-state index in [9.17, 15) is 22.8 Å². The molecule has 1 atom stereocenters. The highest BCUT2D eigenvalue weighted by Crippen LogP contribution is 2.13. The molecule has 0 aromatic heterocycles. The topological polar surface area (TPSA) is 67.4 Å². The third-order valence-electron chi connectivity index (χ3n) is 2.19. The van der Waals surface area contributed by atoms with Gasteiger partial charge in [0.25, 0.3) is 11.8 Å². The van der Waals surface area contributed by atoms with E-state index in [-0.39, 0.29) is 0 Å². The summed E-state index contributed by atoms with van der Waals surface area (Å²) in [5, 5.41) is 2.33. The van der Waals surface area contributed by atoms with Crippen molar-refractivity contribution in [2.45, 2.75) is 19.1 Å². The van der Waals surface area contributed by atoms with Gasteiger partial charge in [-0.05, 0) is 19.1 Å². The second kappa shape index (κ2) is 6.90. The van der Waals surface area contributed by atoms with Crippen molar-refractivity contribution >= 4 is 11.8 Å². The smallest absolute Gasteiger partial charge is 0.340 e. The number of hydrogen-bond donors (Lipinski definition) is 2. The number of carbonyl (C=O) groups is 2. The van der Waals surface area contributed by atoms with Gasteiger partial charge in [0.15, 0.2) is 6.61 Å². The summed E-state index contributed by atoms with van der Waals surface area (Å²) in [7, 11) is 0. The number of alkyl halides is 3. The molecule has 0 saturated heterocycles. The zero-order valence-electron chi connectivity index (χ0n) is 10.5. The van der Waals surface area contributed by atoms with Crippen molar-refractivity contribution in [2.75, 3.05) is 6.61 Å². The minimum absolute atomic E-state index is 0.336. The van der Waals surface area contributed by atoms with E-state index >= 15 is 0 Å². The summed E-state index contributed by atoms with van der Waals surface area (Å²) >= 11 is 0. The lowest BCUT2D eigenvalue weighted by molar-refractivity contribution is -0.192. The molecule has 5 nitrogen and oxygen atoms in total. The van der Waals surface area contributed by atoms with Crippen LogP contribution in [0.5, 0.6) is 0 Å². The SMILES string of the molecule is CC(NC(=O)c1ccccc1)C(=O)NOCC(F)(F)F. The maximum atomic E-state index is 11.8. The van der Waals surface area contributed by atoms with E-state index in [1.165, 1.54) is 6.92 Å². The minimum atomic E-state index is -4.54. The van der Waals surface area contributed by atoms with Crippen LogP contribution in [-0.4, -0.2) is 30.6 Å². The molecule has 1 aromatic rings. The molecule has 0 radical (unpaired) electrons. The molecule has 0 aliphatic heterocycles. The van der Waals surface area contributed by atoms with Crippen molar-refractivity contribution in [3.8, 4) is 0 Å². The highest BCUT2D eigenvalue weighted by atomic mass is 19.4. The lowest BCUT2D eigenvalue weighted by atomic mass is 10.2. The van der Waals surface area contributed by atoms with Crippen LogP contribution >= 0.6 is 0 Å². The Hall–Kier alpha value is -2.09. The van der Waals surface area contributed by atoms with Crippen molar-refractivity contribution in [2.24, 2.45) is 0 Å². The zero-order valence-corrected chi connectivity index (χ0v) is 10.5. The van der Waals surface area contributed by atoms with E-state index in [1.807, 2.05) is 0 Å². The fraction of sp³-hybridized carbons (Fsp3) is 0.333. The summed E-state index contributed by atoms with van der Waals surface area (Å²) in [6.07, 6.45) is -4.54. The Balaban J connectivity index is 2.40. The minimum Gasteiger partial charge on any atom is -0.340 e. The summed E-state index contributed by atoms with van der Waals surface area (Å²) in [6, 6.07) is 7.06. The molecule has 1 rings (SSSR count). The molecule has 2 N–H and O–H groups in total. The number of halogens is 3. The molecule has 8 heteroatoms. The van der Waals surface area contributed by atoms with E-state index in [2.05, 4.69) is 10.2 Å². The summed E-state index contributed by atoms with van der Waals surface area (Å²) < 4.78 is 35.4. The van der Waals surface area contributed by atoms with E-state index in [4.69, 9.17) is 0 Å². The number of nitrogens with one attached hydrogen (secondary N) is 2. The lowest BCUT2D eigenvalue weighted by Crippen LogP contribution is -2.45. The van der Waals surface area contributed by atoms with Crippen LogP contribution in [0.25, 0.3) is 0 Å². The first kappa shape index (κ1) is 16.0. The van der Waals surface area contributed by atoms with Gasteiger partial charge in [0.05, 0.1) is 0 Å². The van der Waals surface area contributed by atoms with E-state index < -0.39 is 30.6 Å². The third-order valence-corrected chi connectivity index (χ3v) is 2.19. The summed E-state index contributed by atoms with van der Waals surface area (Å²) in [6.45, 7) is -0.273. The van der Waals surface area contributed by atoms with Gasteiger partial charge in [-0.15, -0.1) is 0 Å². The Bertz CT molecular complexity index is 463. The van der Waals surface area contributed by atoms with Crippen molar-refractivity contribution in [3.05, 3.63) is 35.9 Å². The molecule has 0 aliphatic carbocycles. The molecular formula is C12H13F3N2O3. The molecule has 0 fully saturated rings. The van der Waals surface area contributed by atoms with Gasteiger partial charge in [-0.3, -0.25) is 14.4 Å². The van der Waals surface area contributed by atoms with Crippen molar-refractivity contribution in [3.63, 3.8) is 0 Å². The standard InChI is InChI=1S/C12H13F3N2O3/c1-8(10(18)17-20-7-12(13,14)15)16-11(19)9-5-3-2-4-6-9/h2-6,8H,7H2,1H3,(H,16,19)(H,17,18). The van der Waals surface area contributed by atoms with Gasteiger partial charge in [-0.25, -0.2) is 5.48 Å². The Labute approximate surface area is 113 Å². The first-order valence-electron chi connectivity index (χ1n) is 5.64. The van der Waals surface area contributed by atoms with Crippen molar-refractivity contribution in [1.82, 2.24) is 10.8 Å². The normalized spacial score (nSPS) is 12.6. The molecule has 0 aliphatic rings. The maximum absolute atomic E-state index is 11.8. The number of carbonyl (C=O) groups excluding carboxylic acids is 2. The molecule has 1 aromatic carbocycles. The van der Waals surface area contributed by atoms with Gasteiger partial charge in [0, 0.05) is 5.56 Å². The van der Waals surface area contributed by atoms with E-state index in [1.54, 1.807) is 35.8 Å². The van der Waals surface area contributed by atoms with Crippen LogP contribution in [0.3, 0.4) is 0 Å². The predicted molar refractivity (Wildman–Crippen MR) is 63.5 cm³/mol. The van der Waals surface area contributed by atoms with Crippen LogP contribution in [0.1, 0.15) is 17.3 Å². The molecule has 20 heavy (non-hydrogen) atoms. The van der Waals surface area contributed by atoms with Crippen LogP contribution in [0.2, 0.25) is 0 Å². The third kappa shape index (κ3) is 5.70. The Morgan fingerprint density at radius 1 is 1.25 bits per heavy atom. The fourth-order valence-electron chi connectivity index (χ4n) is 1.21. The summed E-state index contributed by atoms with van der Waals surface area (Å²) in [5.74, 6) is -1.39. The number of benzene rings is 1. The van der Waals surface area contributed by atoms with Crippen molar-refractivity contribution in [1.29, 1.82) is 0 Å². The molecule has 110 valence electrons. The molecule has 0 bridgehead atoms. The molecule has 1 unspecified atom stereocenters. The van der Waals surface area contributed by atoms with Crippen LogP contribution in [0.4, 0.5) is 13.2 Å². The second-order valence-corrected chi connectivity index (χ2v) is 3.93. The molecular weight excluding hydrogens is 277 g/mol. The quantitative estimate of drug-likeness (QED) is 0.806. The van der Waals surface area contributed by atoms with Gasteiger partial charge in [0.1, 0.15) is 6.04 Å². The first-order chi connectivity index (χ1) is 9.29. The second-order valence-electron chi connectivity index (χ2n) is 3.93. The number of hydroxylamine groups is 1. The molecule has 0 saturated carbocycles. The van der Waals surface area contributed by atoms with Gasteiger partial charge >= 0.3 is 6.18 Å². The van der Waals surface area contributed by atoms with Crippen LogP contribution in [-0.2, 0) is 9.63 Å². The first-order valence-corrected chi connectivity index (χ1v) is 5.64. The molecule has 2 amide bonds. The van der Waals surface area contributed by atoms with E-state index in [0.29, 0.717) is 5.56 Å². The highest BCUT2D eigenvalue weighted by Gasteiger charge is 2.28. The Morgan fingerprint density at radius 2 is 1.85 bits per heavy atom. The van der Waals surface area contributed by atoms with Gasteiger partial charge in [-0.2, -0.15) is 13.2 Å². The van der Waals surface area contributed by atoms with Gasteiger partial charge < -0.3 is 5.32 Å². The average molecular weight is 290 g/mol. The lowest BCUT2D eigenvalue weighted by Gasteiger charge is -2.14. The van der Waals surface area contributed by atoms with Gasteiger partial charge in [0.2, 0.25) is 0 Å². The number of rotatable bonds is 5. The van der Waals surface area contributed by atoms with Crippen LogP contribution in [0.15, 0.2) is 30.3 Å². The number of amides is 2. The van der Waals surface area contributed by atoms with Crippen molar-refractivity contribution < 1.29 is 27.6 Å². The summed E-state index contributed by atoms with van der Waals surface area (Å²) in [4.78, 5) is 27.1. The zero-order chi connectivity index (χ0) is 15.2. The molecule has 0 heterocycles. The average Bonchev–Trinajstić information content (AvgIpc) is 2.38. The largest absolute Gasteiger partial charge is 0.414 e. The van der Waals surface area contributed by atoms with Gasteiger partial charge in [-0.1, -0.05) is 18.2 Å². The highest BCUT2D eigenvalue weighted by molar-refractivity contribution is 5.97. The van der Waals surface area contributed by atoms with Crippen LogP contribution < -0.4 is 10.8 Å². The van der Waals surface area contributed by atoms with E-state index in [0.717, 1.165) is 0 Å². The summed E-state index contributed by atoms with van der Waals surface area (Å²) in [5.41, 5.74) is 1.96. The monoisotopic (exact) mass is 290 g/mol. The Kier molecular flexibility index (Phi) is 5.51. The Morgan fingerprint density at radius 3 is 2.40 bits per heavy atom. The predicted octanol–water partition coefficient (Wildman–Crippen LogP) is 1.42. The molecule has 0 spiro atoms. The fourth-order valence-corrected chi connectivity index (χ4v) is 1.21. The maximum Gasteiger partial charge on any atom is 0.414 e. The van der Waals surface area contributed by atoms with Crippen LogP contribution in [0, 0.1) is 0 Å². The number of hydrogen-bond acceptors (Lipinski definition) is 3.